The monoisotopic (exact) mass is 220 g/mol. The van der Waals surface area contributed by atoms with Crippen molar-refractivity contribution >= 4 is 6.29 Å². The Bertz CT molecular complexity index is 419. The topological polar surface area (TPSA) is 46.5 Å². The summed E-state index contributed by atoms with van der Waals surface area (Å²) in [6.07, 6.45) is 2.39. The summed E-state index contributed by atoms with van der Waals surface area (Å²) in [6.45, 7) is 7.58. The van der Waals surface area contributed by atoms with E-state index in [4.69, 9.17) is 4.74 Å². The van der Waals surface area contributed by atoms with Gasteiger partial charge >= 0.3 is 0 Å². The molecular weight excluding hydrogens is 204 g/mol. The van der Waals surface area contributed by atoms with Gasteiger partial charge in [0.05, 0.1) is 12.7 Å². The molecule has 0 aromatic heterocycles. The van der Waals surface area contributed by atoms with Gasteiger partial charge in [0.25, 0.3) is 0 Å². The number of allylic oxidation sites excluding steroid dienone is 1. The van der Waals surface area contributed by atoms with E-state index in [-0.39, 0.29) is 11.2 Å². The largest absolute Gasteiger partial charge is 0.508 e. The molecule has 0 saturated carbocycles. The number of carbonyl (C=O) groups is 1. The number of aromatic hydroxyl groups is 1. The summed E-state index contributed by atoms with van der Waals surface area (Å²) in [5.41, 5.74) is 0.646. The van der Waals surface area contributed by atoms with E-state index < -0.39 is 0 Å². The van der Waals surface area contributed by atoms with Crippen molar-refractivity contribution in [3.8, 4) is 11.5 Å². The van der Waals surface area contributed by atoms with Crippen LogP contribution in [0.25, 0.3) is 0 Å². The molecule has 0 aliphatic carbocycles. The van der Waals surface area contributed by atoms with Gasteiger partial charge in [-0.2, -0.15) is 0 Å². The number of methoxy groups -OCH3 is 1. The lowest BCUT2D eigenvalue weighted by Gasteiger charge is -2.22. The average molecular weight is 220 g/mol. The molecule has 16 heavy (non-hydrogen) atoms. The molecule has 0 aliphatic heterocycles. The second-order valence-corrected chi connectivity index (χ2v) is 4.15. The normalized spacial score (nSPS) is 10.9. The highest BCUT2D eigenvalue weighted by Crippen LogP contribution is 2.36. The van der Waals surface area contributed by atoms with Gasteiger partial charge in [0.2, 0.25) is 0 Å². The maximum absolute atomic E-state index is 10.8. The first-order valence-corrected chi connectivity index (χ1v) is 4.96. The fourth-order valence-corrected chi connectivity index (χ4v) is 1.48. The Morgan fingerprint density at radius 1 is 1.44 bits per heavy atom. The van der Waals surface area contributed by atoms with Crippen LogP contribution in [0.2, 0.25) is 0 Å². The molecule has 0 heterocycles. The molecule has 1 aromatic carbocycles. The number of aldehydes is 1. The van der Waals surface area contributed by atoms with Gasteiger partial charge in [-0.05, 0) is 12.1 Å². The molecule has 0 amide bonds. The van der Waals surface area contributed by atoms with Crippen LogP contribution in [-0.2, 0) is 5.41 Å². The van der Waals surface area contributed by atoms with Crippen LogP contribution in [0.4, 0.5) is 0 Å². The van der Waals surface area contributed by atoms with Crippen LogP contribution in [-0.4, -0.2) is 18.5 Å². The van der Waals surface area contributed by atoms with Crippen molar-refractivity contribution in [2.75, 3.05) is 7.11 Å². The van der Waals surface area contributed by atoms with Crippen molar-refractivity contribution in [2.24, 2.45) is 0 Å². The number of hydrogen-bond acceptors (Lipinski definition) is 3. The quantitative estimate of drug-likeness (QED) is 0.626. The lowest BCUT2D eigenvalue weighted by molar-refractivity contribution is 0.112. The Hall–Kier alpha value is -1.77. The van der Waals surface area contributed by atoms with Gasteiger partial charge in [-0.3, -0.25) is 4.79 Å². The van der Waals surface area contributed by atoms with Crippen LogP contribution >= 0.6 is 0 Å². The third-order valence-corrected chi connectivity index (χ3v) is 2.68. The molecule has 0 spiro atoms. The van der Waals surface area contributed by atoms with Crippen LogP contribution in [0, 0.1) is 0 Å². The summed E-state index contributed by atoms with van der Waals surface area (Å²) >= 11 is 0. The minimum absolute atomic E-state index is 0.0767. The van der Waals surface area contributed by atoms with Crippen LogP contribution in [0.15, 0.2) is 24.8 Å². The zero-order valence-corrected chi connectivity index (χ0v) is 9.78. The van der Waals surface area contributed by atoms with E-state index in [0.717, 1.165) is 0 Å². The van der Waals surface area contributed by atoms with Crippen LogP contribution in [0.5, 0.6) is 11.5 Å². The van der Waals surface area contributed by atoms with E-state index in [2.05, 4.69) is 6.58 Å². The lowest BCUT2D eigenvalue weighted by atomic mass is 9.83. The summed E-state index contributed by atoms with van der Waals surface area (Å²) in [5, 5.41) is 9.85. The van der Waals surface area contributed by atoms with Crippen molar-refractivity contribution in [3.63, 3.8) is 0 Å². The Morgan fingerprint density at radius 2 is 2.06 bits per heavy atom. The minimum atomic E-state index is -0.376. The van der Waals surface area contributed by atoms with E-state index in [1.54, 1.807) is 12.1 Å². The van der Waals surface area contributed by atoms with E-state index in [9.17, 15) is 9.90 Å². The Kier molecular flexibility index (Phi) is 3.38. The first-order chi connectivity index (χ1) is 7.46. The number of phenols is 1. The van der Waals surface area contributed by atoms with Crippen molar-refractivity contribution in [1.29, 1.82) is 0 Å². The fraction of sp³-hybridized carbons (Fsp3) is 0.308. The third kappa shape index (κ3) is 2.08. The molecule has 0 aliphatic rings. The molecule has 0 unspecified atom stereocenters. The van der Waals surface area contributed by atoms with Gasteiger partial charge in [0.1, 0.15) is 11.5 Å². The molecule has 0 bridgehead atoms. The highest BCUT2D eigenvalue weighted by atomic mass is 16.5. The fourth-order valence-electron chi connectivity index (χ4n) is 1.48. The second kappa shape index (κ2) is 4.39. The summed E-state index contributed by atoms with van der Waals surface area (Å²) in [5.74, 6) is 0.533. The standard InChI is InChI=1S/C13H16O3/c1-5-13(2,3)10-7-12(16-4)9(8-14)6-11(10)15/h5-8,15H,1H2,2-4H3. The van der Waals surface area contributed by atoms with Crippen LogP contribution in [0.1, 0.15) is 29.8 Å². The van der Waals surface area contributed by atoms with Gasteiger partial charge in [-0.25, -0.2) is 0 Å². The zero-order valence-electron chi connectivity index (χ0n) is 9.78. The predicted octanol–water partition coefficient (Wildman–Crippen LogP) is 2.68. The SMILES string of the molecule is C=CC(C)(C)c1cc(OC)c(C=O)cc1O. The van der Waals surface area contributed by atoms with E-state index >= 15 is 0 Å². The minimum Gasteiger partial charge on any atom is -0.508 e. The number of carbonyl (C=O) groups excluding carboxylic acids is 1. The maximum atomic E-state index is 10.8. The van der Waals surface area contributed by atoms with Gasteiger partial charge < -0.3 is 9.84 Å². The first kappa shape index (κ1) is 12.3. The smallest absolute Gasteiger partial charge is 0.153 e. The van der Waals surface area contributed by atoms with Crippen molar-refractivity contribution in [3.05, 3.63) is 35.9 Å². The molecule has 1 aromatic rings. The molecule has 0 saturated heterocycles. The number of hydrogen-bond donors (Lipinski definition) is 1. The number of rotatable bonds is 4. The molecule has 0 atom stereocenters. The summed E-state index contributed by atoms with van der Waals surface area (Å²) < 4.78 is 5.09. The van der Waals surface area contributed by atoms with Gasteiger partial charge in [0, 0.05) is 11.0 Å². The Morgan fingerprint density at radius 3 is 2.50 bits per heavy atom. The van der Waals surface area contributed by atoms with Gasteiger partial charge in [-0.1, -0.05) is 19.9 Å². The summed E-state index contributed by atoms with van der Waals surface area (Å²) in [4.78, 5) is 10.8. The molecular formula is C13H16O3. The average Bonchev–Trinajstić information content (AvgIpc) is 2.28. The third-order valence-electron chi connectivity index (χ3n) is 2.68. The van der Waals surface area contributed by atoms with Gasteiger partial charge in [0.15, 0.2) is 6.29 Å². The highest BCUT2D eigenvalue weighted by molar-refractivity contribution is 5.81. The van der Waals surface area contributed by atoms with E-state index in [0.29, 0.717) is 23.2 Å². The summed E-state index contributed by atoms with van der Waals surface area (Å²) in [7, 11) is 1.49. The van der Waals surface area contributed by atoms with Crippen LogP contribution < -0.4 is 4.74 Å². The van der Waals surface area contributed by atoms with Crippen LogP contribution in [0.3, 0.4) is 0 Å². The Balaban J connectivity index is 3.43. The lowest BCUT2D eigenvalue weighted by Crippen LogP contribution is -2.13. The number of ether oxygens (including phenoxy) is 1. The molecule has 1 rings (SSSR count). The molecule has 0 fully saturated rings. The number of phenolic OH excluding ortho intramolecular Hbond substituents is 1. The molecule has 1 N–H and O–H groups in total. The Labute approximate surface area is 95.4 Å². The summed E-state index contributed by atoms with van der Waals surface area (Å²) in [6, 6.07) is 3.08. The van der Waals surface area contributed by atoms with Gasteiger partial charge in [-0.15, -0.1) is 6.58 Å². The molecule has 0 radical (unpaired) electrons. The van der Waals surface area contributed by atoms with Crippen molar-refractivity contribution < 1.29 is 14.6 Å². The second-order valence-electron chi connectivity index (χ2n) is 4.15. The van der Waals surface area contributed by atoms with Crippen molar-refractivity contribution in [1.82, 2.24) is 0 Å². The van der Waals surface area contributed by atoms with E-state index in [1.807, 2.05) is 13.8 Å². The number of benzene rings is 1. The molecule has 86 valence electrons. The maximum Gasteiger partial charge on any atom is 0.153 e. The predicted molar refractivity (Wildman–Crippen MR) is 63.3 cm³/mol. The first-order valence-electron chi connectivity index (χ1n) is 4.96. The zero-order chi connectivity index (χ0) is 12.3. The molecule has 3 nitrogen and oxygen atoms in total. The highest BCUT2D eigenvalue weighted by Gasteiger charge is 2.22. The molecule has 3 heteroatoms. The van der Waals surface area contributed by atoms with Crippen molar-refractivity contribution in [2.45, 2.75) is 19.3 Å². The van der Waals surface area contributed by atoms with E-state index in [1.165, 1.54) is 13.2 Å².